The lowest BCUT2D eigenvalue weighted by molar-refractivity contribution is -0.136. The first-order chi connectivity index (χ1) is 21.4. The molecule has 0 saturated carbocycles. The molecule has 4 heterocycles. The third-order valence-electron chi connectivity index (χ3n) is 8.99. The van der Waals surface area contributed by atoms with E-state index in [0.717, 1.165) is 37.3 Å². The summed E-state index contributed by atoms with van der Waals surface area (Å²) in [5.41, 5.74) is 9.06. The van der Waals surface area contributed by atoms with Crippen LogP contribution in [0.1, 0.15) is 64.2 Å². The maximum Gasteiger partial charge on any atom is 0.255 e. The Morgan fingerprint density at radius 2 is 1.93 bits per heavy atom. The Morgan fingerprint density at radius 1 is 1.11 bits per heavy atom. The number of nitrogens with zero attached hydrogens (tertiary/aromatic N) is 4. The molecule has 2 saturated heterocycles. The second-order valence-electron chi connectivity index (χ2n) is 11.5. The van der Waals surface area contributed by atoms with Crippen LogP contribution in [0.4, 0.5) is 10.2 Å². The molecule has 3 N–H and O–H groups in total. The van der Waals surface area contributed by atoms with Crippen LogP contribution < -0.4 is 20.7 Å². The van der Waals surface area contributed by atoms with E-state index in [-0.39, 0.29) is 49.5 Å². The van der Waals surface area contributed by atoms with Crippen LogP contribution >= 0.6 is 0 Å². The minimum Gasteiger partial charge on any atom is -0.488 e. The predicted octanol–water partition coefficient (Wildman–Crippen LogP) is 3.39. The van der Waals surface area contributed by atoms with Crippen molar-refractivity contribution in [2.75, 3.05) is 24.5 Å². The molecule has 0 bridgehead atoms. The van der Waals surface area contributed by atoms with Gasteiger partial charge in [-0.05, 0) is 73.5 Å². The largest absolute Gasteiger partial charge is 0.488 e. The summed E-state index contributed by atoms with van der Waals surface area (Å²) in [5, 5.41) is 11.3. The van der Waals surface area contributed by atoms with Gasteiger partial charge in [0.05, 0.1) is 12.1 Å². The van der Waals surface area contributed by atoms with Crippen LogP contribution in [0.2, 0.25) is 0 Å². The fourth-order valence-corrected chi connectivity index (χ4v) is 6.53. The lowest BCUT2D eigenvalue weighted by Crippen LogP contribution is -2.52. The zero-order valence-corrected chi connectivity index (χ0v) is 24.2. The van der Waals surface area contributed by atoms with E-state index in [1.807, 2.05) is 12.1 Å². The van der Waals surface area contributed by atoms with Crippen molar-refractivity contribution in [1.82, 2.24) is 15.2 Å². The molecular weight excluding hydrogens is 563 g/mol. The average molecular weight is 597 g/mol. The van der Waals surface area contributed by atoms with Gasteiger partial charge in [-0.15, -0.1) is 0 Å². The molecule has 3 aliphatic heterocycles. The minimum absolute atomic E-state index is 0.0113. The number of benzene rings is 2. The summed E-state index contributed by atoms with van der Waals surface area (Å²) in [6.07, 6.45) is 3.82. The quantitative estimate of drug-likeness (QED) is 0.377. The van der Waals surface area contributed by atoms with Crippen molar-refractivity contribution < 1.29 is 23.5 Å². The number of hydrogen-bond donors (Lipinski definition) is 2. The van der Waals surface area contributed by atoms with E-state index in [0.29, 0.717) is 40.5 Å². The molecule has 1 unspecified atom stereocenters. The number of rotatable bonds is 8. The number of imide groups is 1. The molecule has 3 aliphatic rings. The van der Waals surface area contributed by atoms with Crippen molar-refractivity contribution >= 4 is 23.5 Å². The molecule has 2 aromatic carbocycles. The fourth-order valence-electron chi connectivity index (χ4n) is 6.53. The van der Waals surface area contributed by atoms with Gasteiger partial charge in [-0.1, -0.05) is 18.2 Å². The van der Waals surface area contributed by atoms with Gasteiger partial charge in [-0.25, -0.2) is 9.37 Å². The topological polar surface area (TPSA) is 142 Å². The highest BCUT2D eigenvalue weighted by Crippen LogP contribution is 2.36. The molecule has 3 amide bonds. The summed E-state index contributed by atoms with van der Waals surface area (Å²) in [7, 11) is 0. The summed E-state index contributed by atoms with van der Waals surface area (Å²) >= 11 is 0. The van der Waals surface area contributed by atoms with Crippen molar-refractivity contribution in [1.29, 1.82) is 5.26 Å². The molecule has 10 nitrogen and oxygen atoms in total. The third-order valence-corrected chi connectivity index (χ3v) is 8.99. The Balaban J connectivity index is 1.09. The first-order valence-electron chi connectivity index (χ1n) is 14.8. The van der Waals surface area contributed by atoms with Crippen molar-refractivity contribution in [2.45, 2.75) is 50.8 Å². The van der Waals surface area contributed by atoms with Crippen LogP contribution in [-0.4, -0.2) is 53.3 Å². The number of amides is 3. The summed E-state index contributed by atoms with van der Waals surface area (Å²) < 4.78 is 21.4. The molecule has 226 valence electrons. The SMILES string of the molecule is N#Cc1ccc(N2CCC(C(CN)c3ccc(COc4cccc5c4CN([C@H]4CCC(=O)NC4=O)C5=O)c(F)c3)CC2)nc1. The van der Waals surface area contributed by atoms with Gasteiger partial charge in [0, 0.05) is 42.4 Å². The van der Waals surface area contributed by atoms with Crippen LogP contribution in [0, 0.1) is 23.1 Å². The first-order valence-corrected chi connectivity index (χ1v) is 14.8. The minimum atomic E-state index is -0.721. The first kappa shape index (κ1) is 29.3. The van der Waals surface area contributed by atoms with E-state index in [9.17, 15) is 14.4 Å². The maximum absolute atomic E-state index is 15.4. The van der Waals surface area contributed by atoms with E-state index in [2.05, 4.69) is 21.3 Å². The molecule has 0 spiro atoms. The fraction of sp³-hybridized carbons (Fsp3) is 0.364. The Kier molecular flexibility index (Phi) is 8.26. The van der Waals surface area contributed by atoms with Crippen molar-refractivity contribution in [2.24, 2.45) is 11.7 Å². The second kappa shape index (κ2) is 12.4. The maximum atomic E-state index is 15.4. The van der Waals surface area contributed by atoms with Gasteiger partial charge in [0.25, 0.3) is 5.91 Å². The van der Waals surface area contributed by atoms with Crippen LogP contribution in [0.15, 0.2) is 54.7 Å². The van der Waals surface area contributed by atoms with Gasteiger partial charge >= 0.3 is 0 Å². The monoisotopic (exact) mass is 596 g/mol. The number of nitrogens with two attached hydrogens (primary N) is 1. The molecule has 44 heavy (non-hydrogen) atoms. The van der Waals surface area contributed by atoms with Gasteiger partial charge in [0.15, 0.2) is 0 Å². The molecule has 11 heteroatoms. The van der Waals surface area contributed by atoms with Gasteiger partial charge in [-0.2, -0.15) is 5.26 Å². The molecule has 2 atom stereocenters. The number of piperidine rings is 2. The highest BCUT2D eigenvalue weighted by atomic mass is 19.1. The number of halogens is 1. The lowest BCUT2D eigenvalue weighted by atomic mass is 9.80. The van der Waals surface area contributed by atoms with Crippen molar-refractivity contribution in [3.63, 3.8) is 0 Å². The summed E-state index contributed by atoms with van der Waals surface area (Å²) in [6, 6.07) is 15.3. The smallest absolute Gasteiger partial charge is 0.255 e. The highest BCUT2D eigenvalue weighted by Gasteiger charge is 2.40. The predicted molar refractivity (Wildman–Crippen MR) is 159 cm³/mol. The summed E-state index contributed by atoms with van der Waals surface area (Å²) in [6.45, 7) is 2.16. The number of carbonyl (C=O) groups is 3. The number of carbonyl (C=O) groups excluding carboxylic acids is 3. The Hall–Kier alpha value is -4.82. The van der Waals surface area contributed by atoms with Gasteiger partial charge in [0.1, 0.15) is 36.1 Å². The van der Waals surface area contributed by atoms with E-state index in [4.69, 9.17) is 15.7 Å². The van der Waals surface area contributed by atoms with E-state index >= 15 is 4.39 Å². The van der Waals surface area contributed by atoms with Crippen molar-refractivity contribution in [3.05, 3.63) is 88.4 Å². The second-order valence-corrected chi connectivity index (χ2v) is 11.5. The highest BCUT2D eigenvalue weighted by molar-refractivity contribution is 6.05. The number of anilines is 1. The number of nitriles is 1. The number of hydrogen-bond acceptors (Lipinski definition) is 8. The van der Waals surface area contributed by atoms with E-state index in [1.54, 1.807) is 42.6 Å². The van der Waals surface area contributed by atoms with Crippen LogP contribution in [0.25, 0.3) is 0 Å². The van der Waals surface area contributed by atoms with E-state index < -0.39 is 11.9 Å². The van der Waals surface area contributed by atoms with Gasteiger partial charge in [0.2, 0.25) is 11.8 Å². The Morgan fingerprint density at radius 3 is 2.61 bits per heavy atom. The lowest BCUT2D eigenvalue weighted by Gasteiger charge is -2.36. The standard InChI is InChI=1S/C33H33FN6O4/c34-27-14-22(25(16-36)21-10-12-39(13-11-21)30-8-4-20(15-35)17-37-30)5-6-23(27)19-44-29-3-1-2-24-26(29)18-40(33(24)43)28-7-9-31(41)38-32(28)42/h1-6,8,14,17,21,25,28H,7,9-13,16,18-19,36H2,(H,38,41,42)/t25?,28-/m0/s1. The van der Waals surface area contributed by atoms with Gasteiger partial charge in [-0.3, -0.25) is 19.7 Å². The normalized spacial score (nSPS) is 19.4. The number of aromatic nitrogens is 1. The molecule has 6 rings (SSSR count). The summed E-state index contributed by atoms with van der Waals surface area (Å²) in [4.78, 5) is 45.1. The van der Waals surface area contributed by atoms with Crippen LogP contribution in [0.5, 0.6) is 5.75 Å². The Labute approximate surface area is 254 Å². The molecule has 1 aromatic heterocycles. The molecule has 0 radical (unpaired) electrons. The number of pyridine rings is 1. The number of nitrogens with one attached hydrogen (secondary N) is 1. The average Bonchev–Trinajstić information content (AvgIpc) is 3.38. The van der Waals surface area contributed by atoms with Crippen molar-refractivity contribution in [3.8, 4) is 11.8 Å². The zero-order valence-electron chi connectivity index (χ0n) is 24.2. The molecule has 3 aromatic rings. The number of ether oxygens (including phenoxy) is 1. The molecular formula is C33H33FN6O4. The van der Waals surface area contributed by atoms with Crippen LogP contribution in [-0.2, 0) is 22.7 Å². The number of fused-ring (bicyclic) bond motifs is 1. The molecule has 2 fully saturated rings. The third kappa shape index (κ3) is 5.73. The zero-order chi connectivity index (χ0) is 30.8. The summed E-state index contributed by atoms with van der Waals surface area (Å²) in [5.74, 6) is 0.127. The van der Waals surface area contributed by atoms with E-state index in [1.165, 1.54) is 4.90 Å². The van der Waals surface area contributed by atoms with Crippen LogP contribution in [0.3, 0.4) is 0 Å². The Bertz CT molecular complexity index is 1630. The van der Waals surface area contributed by atoms with Gasteiger partial charge < -0.3 is 20.3 Å². The molecule has 0 aliphatic carbocycles.